The molecule has 4 rings (SSSR count). The molecule has 1 aromatic heterocycles. The lowest BCUT2D eigenvalue weighted by atomic mass is 10.1. The molecule has 0 atom stereocenters. The van der Waals surface area contributed by atoms with Gasteiger partial charge >= 0.3 is 0 Å². The van der Waals surface area contributed by atoms with Crippen LogP contribution in [0.25, 0.3) is 11.1 Å². The van der Waals surface area contributed by atoms with Crippen LogP contribution < -0.4 is 15.4 Å². The minimum absolute atomic E-state index is 0.0828. The highest BCUT2D eigenvalue weighted by atomic mass is 35.5. The summed E-state index contributed by atoms with van der Waals surface area (Å²) in [7, 11) is 1.60. The molecule has 7 heteroatoms. The molecule has 2 aromatic carbocycles. The van der Waals surface area contributed by atoms with Crippen molar-refractivity contribution in [3.8, 4) is 16.9 Å². The number of anilines is 2. The van der Waals surface area contributed by atoms with Crippen LogP contribution in [0.4, 0.5) is 11.4 Å². The van der Waals surface area contributed by atoms with Gasteiger partial charge in [0.25, 0.3) is 0 Å². The largest absolute Gasteiger partial charge is 0.496 e. The maximum absolute atomic E-state index is 12.9. The number of rotatable bonds is 6. The van der Waals surface area contributed by atoms with Gasteiger partial charge in [-0.05, 0) is 37.1 Å². The van der Waals surface area contributed by atoms with Gasteiger partial charge in [-0.15, -0.1) is 0 Å². The summed E-state index contributed by atoms with van der Waals surface area (Å²) in [5.41, 5.74) is 2.64. The van der Waals surface area contributed by atoms with Crippen molar-refractivity contribution in [1.29, 1.82) is 0 Å². The van der Waals surface area contributed by atoms with Gasteiger partial charge in [0.05, 0.1) is 24.0 Å². The third kappa shape index (κ3) is 3.48. The summed E-state index contributed by atoms with van der Waals surface area (Å²) in [6.07, 6.45) is 5.04. The smallest absolute Gasteiger partial charge is 0.250 e. The number of nitrogens with one attached hydrogen (secondary N) is 3. The molecular weight excluding hydrogens is 364 g/mol. The second kappa shape index (κ2) is 6.96. The molecule has 0 bridgehead atoms. The van der Waals surface area contributed by atoms with E-state index in [1.807, 2.05) is 36.4 Å². The van der Waals surface area contributed by atoms with Crippen molar-refractivity contribution in [3.63, 3.8) is 0 Å². The zero-order valence-electron chi connectivity index (χ0n) is 14.8. The van der Waals surface area contributed by atoms with Crippen LogP contribution in [0.15, 0.2) is 54.9 Å². The number of nitrogens with zero attached hydrogens (tertiary/aromatic N) is 1. The van der Waals surface area contributed by atoms with Gasteiger partial charge in [0, 0.05) is 29.1 Å². The second-order valence-corrected chi connectivity index (χ2v) is 6.95. The molecule has 1 fully saturated rings. The molecule has 3 N–H and O–H groups in total. The molecule has 27 heavy (non-hydrogen) atoms. The van der Waals surface area contributed by atoms with E-state index in [0.29, 0.717) is 16.5 Å². The third-order valence-corrected chi connectivity index (χ3v) is 5.03. The number of hydrogen-bond donors (Lipinski definition) is 3. The Hall–Kier alpha value is -2.99. The number of benzene rings is 2. The molecule has 1 aliphatic rings. The molecule has 0 aliphatic heterocycles. The van der Waals surface area contributed by atoms with E-state index in [4.69, 9.17) is 16.3 Å². The Labute approximate surface area is 161 Å². The molecule has 1 heterocycles. The fourth-order valence-corrected chi connectivity index (χ4v) is 3.19. The Kier molecular flexibility index (Phi) is 4.49. The molecule has 1 aliphatic carbocycles. The first-order valence-corrected chi connectivity index (χ1v) is 9.00. The topological polar surface area (TPSA) is 79.0 Å². The second-order valence-electron chi connectivity index (χ2n) is 6.54. The monoisotopic (exact) mass is 382 g/mol. The van der Waals surface area contributed by atoms with Crippen LogP contribution in [0.5, 0.6) is 5.75 Å². The van der Waals surface area contributed by atoms with Crippen LogP contribution in [-0.2, 0) is 4.79 Å². The molecule has 0 saturated heterocycles. The predicted octanol–water partition coefficient (Wildman–Crippen LogP) is 4.32. The van der Waals surface area contributed by atoms with Crippen LogP contribution >= 0.6 is 11.6 Å². The quantitative estimate of drug-likeness (QED) is 0.593. The first kappa shape index (κ1) is 17.4. The Bertz CT molecular complexity index is 968. The number of carbonyl (C=O) groups excluding carboxylic acids is 1. The van der Waals surface area contributed by atoms with E-state index in [1.165, 1.54) is 0 Å². The van der Waals surface area contributed by atoms with Crippen molar-refractivity contribution in [1.82, 2.24) is 10.2 Å². The summed E-state index contributed by atoms with van der Waals surface area (Å²) in [6.45, 7) is 0. The van der Waals surface area contributed by atoms with Crippen LogP contribution in [0.1, 0.15) is 12.8 Å². The summed E-state index contributed by atoms with van der Waals surface area (Å²) in [5, 5.41) is 13.6. The molecule has 6 nitrogen and oxygen atoms in total. The molecule has 0 radical (unpaired) electrons. The Balaban J connectivity index is 1.52. The SMILES string of the molecule is COc1cc(NC(=O)C2(Nc3ccccc3Cl)CC2)ccc1-c1cn[nH]c1. The van der Waals surface area contributed by atoms with Gasteiger partial charge in [0.15, 0.2) is 0 Å². The molecule has 138 valence electrons. The first-order chi connectivity index (χ1) is 13.1. The van der Waals surface area contributed by atoms with E-state index in [1.54, 1.807) is 25.6 Å². The van der Waals surface area contributed by atoms with E-state index in [-0.39, 0.29) is 5.91 Å². The minimum Gasteiger partial charge on any atom is -0.496 e. The van der Waals surface area contributed by atoms with Crippen LogP contribution in [0.3, 0.4) is 0 Å². The number of H-pyrrole nitrogens is 1. The lowest BCUT2D eigenvalue weighted by Crippen LogP contribution is -2.37. The molecule has 1 saturated carbocycles. The number of aromatic nitrogens is 2. The normalized spacial score (nSPS) is 14.4. The number of ether oxygens (including phenoxy) is 1. The van der Waals surface area contributed by atoms with E-state index >= 15 is 0 Å². The summed E-state index contributed by atoms with van der Waals surface area (Å²) < 4.78 is 5.48. The van der Waals surface area contributed by atoms with Gasteiger partial charge in [-0.2, -0.15) is 5.10 Å². The van der Waals surface area contributed by atoms with Crippen molar-refractivity contribution >= 4 is 28.9 Å². The molecule has 0 unspecified atom stereocenters. The lowest BCUT2D eigenvalue weighted by molar-refractivity contribution is -0.117. The average molecular weight is 383 g/mol. The lowest BCUT2D eigenvalue weighted by Gasteiger charge is -2.20. The molecule has 0 spiro atoms. The Morgan fingerprint density at radius 3 is 2.74 bits per heavy atom. The summed E-state index contributed by atoms with van der Waals surface area (Å²) in [4.78, 5) is 12.9. The van der Waals surface area contributed by atoms with Crippen LogP contribution in [0, 0.1) is 0 Å². The fraction of sp³-hybridized carbons (Fsp3) is 0.200. The van der Waals surface area contributed by atoms with E-state index in [2.05, 4.69) is 20.8 Å². The third-order valence-electron chi connectivity index (χ3n) is 4.70. The highest BCUT2D eigenvalue weighted by Crippen LogP contribution is 2.42. The van der Waals surface area contributed by atoms with Gasteiger partial charge < -0.3 is 15.4 Å². The number of halogens is 1. The highest BCUT2D eigenvalue weighted by Gasteiger charge is 2.50. The number of aromatic amines is 1. The van der Waals surface area contributed by atoms with Gasteiger partial charge in [-0.3, -0.25) is 9.89 Å². The van der Waals surface area contributed by atoms with Crippen molar-refractivity contribution in [2.45, 2.75) is 18.4 Å². The molecule has 3 aromatic rings. The summed E-state index contributed by atoms with van der Waals surface area (Å²) in [5.74, 6) is 0.582. The zero-order chi connectivity index (χ0) is 18.9. The number of para-hydroxylation sites is 1. The Morgan fingerprint density at radius 1 is 1.26 bits per heavy atom. The maximum Gasteiger partial charge on any atom is 0.250 e. The van der Waals surface area contributed by atoms with Gasteiger partial charge in [-0.1, -0.05) is 23.7 Å². The van der Waals surface area contributed by atoms with Crippen molar-refractivity contribution < 1.29 is 9.53 Å². The first-order valence-electron chi connectivity index (χ1n) is 8.63. The number of amides is 1. The standard InChI is InChI=1S/C20H19ClN4O2/c1-27-18-10-14(6-7-15(18)13-11-22-23-12-13)24-19(26)20(8-9-20)25-17-5-3-2-4-16(17)21/h2-7,10-12,25H,8-9H2,1H3,(H,22,23)(H,24,26). The van der Waals surface area contributed by atoms with Crippen LogP contribution in [0.2, 0.25) is 5.02 Å². The molecular formula is C20H19ClN4O2. The predicted molar refractivity (Wildman–Crippen MR) is 106 cm³/mol. The van der Waals surface area contributed by atoms with Crippen molar-refractivity contribution in [2.75, 3.05) is 17.7 Å². The fourth-order valence-electron chi connectivity index (χ4n) is 3.01. The van der Waals surface area contributed by atoms with Crippen molar-refractivity contribution in [3.05, 3.63) is 59.9 Å². The number of carbonyl (C=O) groups is 1. The van der Waals surface area contributed by atoms with Gasteiger partial charge in [0.1, 0.15) is 11.3 Å². The van der Waals surface area contributed by atoms with Crippen molar-refractivity contribution in [2.24, 2.45) is 0 Å². The van der Waals surface area contributed by atoms with Gasteiger partial charge in [-0.25, -0.2) is 0 Å². The number of methoxy groups -OCH3 is 1. The van der Waals surface area contributed by atoms with E-state index in [9.17, 15) is 4.79 Å². The molecule has 1 amide bonds. The van der Waals surface area contributed by atoms with E-state index < -0.39 is 5.54 Å². The van der Waals surface area contributed by atoms with Gasteiger partial charge in [0.2, 0.25) is 5.91 Å². The highest BCUT2D eigenvalue weighted by molar-refractivity contribution is 6.33. The minimum atomic E-state index is -0.624. The average Bonchev–Trinajstić information content (AvgIpc) is 3.26. The summed E-state index contributed by atoms with van der Waals surface area (Å²) in [6, 6.07) is 13.0. The zero-order valence-corrected chi connectivity index (χ0v) is 15.5. The summed E-state index contributed by atoms with van der Waals surface area (Å²) >= 11 is 6.21. The Morgan fingerprint density at radius 2 is 2.07 bits per heavy atom. The number of hydrogen-bond acceptors (Lipinski definition) is 4. The van der Waals surface area contributed by atoms with Crippen LogP contribution in [-0.4, -0.2) is 28.8 Å². The maximum atomic E-state index is 12.9. The van der Waals surface area contributed by atoms with E-state index in [0.717, 1.165) is 29.7 Å².